The lowest BCUT2D eigenvalue weighted by atomic mass is 9.69. The van der Waals surface area contributed by atoms with E-state index in [2.05, 4.69) is 65.9 Å². The second-order valence-corrected chi connectivity index (χ2v) is 11.1. The van der Waals surface area contributed by atoms with Crippen LogP contribution in [-0.2, 0) is 4.84 Å². The Morgan fingerprint density at radius 2 is 1.50 bits per heavy atom. The molecule has 0 aromatic heterocycles. The van der Waals surface area contributed by atoms with Crippen molar-refractivity contribution in [3.63, 3.8) is 0 Å². The van der Waals surface area contributed by atoms with Crippen LogP contribution in [0.2, 0.25) is 0 Å². The van der Waals surface area contributed by atoms with Gasteiger partial charge in [0.1, 0.15) is 5.54 Å². The third kappa shape index (κ3) is 4.45. The molecule has 2 atom stereocenters. The van der Waals surface area contributed by atoms with E-state index in [4.69, 9.17) is 4.84 Å². The number of quaternary nitrogens is 1. The highest BCUT2D eigenvalue weighted by atomic mass is 16.7. The van der Waals surface area contributed by atoms with Gasteiger partial charge in [-0.3, -0.25) is 4.90 Å². The molecule has 1 aliphatic carbocycles. The van der Waals surface area contributed by atoms with Crippen LogP contribution in [0.1, 0.15) is 67.2 Å². The molecule has 4 heteroatoms. The van der Waals surface area contributed by atoms with Gasteiger partial charge in [0.05, 0.1) is 21.2 Å². The highest BCUT2D eigenvalue weighted by Crippen LogP contribution is 2.51. The zero-order valence-corrected chi connectivity index (χ0v) is 19.1. The van der Waals surface area contributed by atoms with Gasteiger partial charge in [0, 0.05) is 37.6 Å². The van der Waals surface area contributed by atoms with E-state index in [1.807, 2.05) is 7.11 Å². The summed E-state index contributed by atoms with van der Waals surface area (Å²) >= 11 is 0. The highest BCUT2D eigenvalue weighted by Gasteiger charge is 2.50. The molecule has 1 heterocycles. The Morgan fingerprint density at radius 1 is 0.962 bits per heavy atom. The molecule has 1 N–H and O–H groups in total. The molecule has 2 unspecified atom stereocenters. The lowest BCUT2D eigenvalue weighted by Gasteiger charge is -2.47. The summed E-state index contributed by atoms with van der Waals surface area (Å²) in [5.41, 5.74) is 0.804. The minimum absolute atomic E-state index is 0.146. The first-order valence-corrected chi connectivity index (χ1v) is 10.7. The summed E-state index contributed by atoms with van der Waals surface area (Å²) in [6, 6.07) is 0. The molecule has 0 spiro atoms. The van der Waals surface area contributed by atoms with E-state index in [1.54, 1.807) is 0 Å². The molecule has 2 rings (SSSR count). The summed E-state index contributed by atoms with van der Waals surface area (Å²) in [6.45, 7) is 19.4. The Hall–Kier alpha value is -0.160. The van der Waals surface area contributed by atoms with E-state index in [-0.39, 0.29) is 11.1 Å². The van der Waals surface area contributed by atoms with Gasteiger partial charge in [0.2, 0.25) is 0 Å². The molecule has 2 fully saturated rings. The molecular formula is C22H46N3O+. The Balaban J connectivity index is 2.04. The van der Waals surface area contributed by atoms with Crippen molar-refractivity contribution in [3.05, 3.63) is 0 Å². The summed E-state index contributed by atoms with van der Waals surface area (Å²) in [7, 11) is 6.24. The lowest BCUT2D eigenvalue weighted by molar-refractivity contribution is -1.11. The van der Waals surface area contributed by atoms with Crippen molar-refractivity contribution in [2.45, 2.75) is 78.3 Å². The zero-order chi connectivity index (χ0) is 19.8. The van der Waals surface area contributed by atoms with Crippen LogP contribution in [0, 0.1) is 17.3 Å². The number of nitrogens with one attached hydrogen (secondary N) is 1. The number of piperazine rings is 1. The average molecular weight is 369 g/mol. The molecule has 0 amide bonds. The van der Waals surface area contributed by atoms with Gasteiger partial charge < -0.3 is 5.32 Å². The quantitative estimate of drug-likeness (QED) is 0.544. The fourth-order valence-electron chi connectivity index (χ4n) is 5.65. The van der Waals surface area contributed by atoms with Gasteiger partial charge in [-0.15, -0.1) is 0 Å². The highest BCUT2D eigenvalue weighted by molar-refractivity contribution is 4.96. The number of hydroxylamine groups is 3. The van der Waals surface area contributed by atoms with Crippen LogP contribution in [-0.4, -0.2) is 68.0 Å². The number of hydrogen-bond acceptors (Lipinski definition) is 3. The van der Waals surface area contributed by atoms with E-state index in [0.717, 1.165) is 24.9 Å². The first-order valence-electron chi connectivity index (χ1n) is 10.7. The Bertz CT molecular complexity index is 464. The minimum atomic E-state index is 0.146. The van der Waals surface area contributed by atoms with E-state index < -0.39 is 0 Å². The first-order chi connectivity index (χ1) is 11.8. The summed E-state index contributed by atoms with van der Waals surface area (Å²) in [5, 5.41) is 3.49. The van der Waals surface area contributed by atoms with Gasteiger partial charge in [-0.2, -0.15) is 4.65 Å². The molecule has 154 valence electrons. The molecule has 0 radical (unpaired) electrons. The zero-order valence-electron chi connectivity index (χ0n) is 19.1. The summed E-state index contributed by atoms with van der Waals surface area (Å²) in [4.78, 5) is 8.52. The van der Waals surface area contributed by atoms with E-state index in [1.165, 1.54) is 38.8 Å². The molecule has 1 saturated carbocycles. The maximum absolute atomic E-state index is 5.82. The maximum Gasteiger partial charge on any atom is 0.126 e. The van der Waals surface area contributed by atoms with Crippen LogP contribution in [0.25, 0.3) is 0 Å². The van der Waals surface area contributed by atoms with Gasteiger partial charge in [-0.05, 0) is 64.7 Å². The molecule has 1 saturated heterocycles. The predicted octanol–water partition coefficient (Wildman–Crippen LogP) is 3.92. The van der Waals surface area contributed by atoms with Crippen LogP contribution in [0.5, 0.6) is 0 Å². The largest absolute Gasteiger partial charge is 0.314 e. The molecule has 4 nitrogen and oxygen atoms in total. The van der Waals surface area contributed by atoms with Crippen LogP contribution < -0.4 is 5.32 Å². The molecular weight excluding hydrogens is 322 g/mol. The summed E-state index contributed by atoms with van der Waals surface area (Å²) in [5.74, 6) is 1.54. The summed E-state index contributed by atoms with van der Waals surface area (Å²) in [6.07, 6.45) is 5.31. The smallest absolute Gasteiger partial charge is 0.126 e. The van der Waals surface area contributed by atoms with Gasteiger partial charge in [0.25, 0.3) is 0 Å². The monoisotopic (exact) mass is 368 g/mol. The number of hydrogen-bond donors (Lipinski definition) is 1. The van der Waals surface area contributed by atoms with Crippen molar-refractivity contribution in [1.29, 1.82) is 0 Å². The fourth-order valence-corrected chi connectivity index (χ4v) is 5.65. The number of rotatable bonds is 7. The predicted molar refractivity (Wildman–Crippen MR) is 111 cm³/mol. The van der Waals surface area contributed by atoms with E-state index in [9.17, 15) is 0 Å². The SMILES string of the molecule is CO[N+](C)(C)C(C)(C)C1CCC(C(C)(C)CC(C)(C)N2CCNCC2)C1. The van der Waals surface area contributed by atoms with Gasteiger partial charge in [-0.1, -0.05) is 13.8 Å². The van der Waals surface area contributed by atoms with Crippen LogP contribution in [0.4, 0.5) is 0 Å². The van der Waals surface area contributed by atoms with Crippen molar-refractivity contribution in [2.75, 3.05) is 47.4 Å². The van der Waals surface area contributed by atoms with Gasteiger partial charge in [0.15, 0.2) is 0 Å². The molecule has 26 heavy (non-hydrogen) atoms. The number of nitrogens with zero attached hydrogens (tertiary/aromatic N) is 2. The third-order valence-electron chi connectivity index (χ3n) is 8.24. The fraction of sp³-hybridized carbons (Fsp3) is 1.00. The summed E-state index contributed by atoms with van der Waals surface area (Å²) < 4.78 is 0.636. The maximum atomic E-state index is 5.82. The Kier molecular flexibility index (Phi) is 6.55. The average Bonchev–Trinajstić information content (AvgIpc) is 3.06. The van der Waals surface area contributed by atoms with Crippen LogP contribution >= 0.6 is 0 Å². The Morgan fingerprint density at radius 3 is 2.04 bits per heavy atom. The van der Waals surface area contributed by atoms with Crippen molar-refractivity contribution >= 4 is 0 Å². The molecule has 0 bridgehead atoms. The topological polar surface area (TPSA) is 24.5 Å². The van der Waals surface area contributed by atoms with Crippen LogP contribution in [0.15, 0.2) is 0 Å². The van der Waals surface area contributed by atoms with E-state index >= 15 is 0 Å². The standard InChI is InChI=1S/C22H46N3O/c1-20(2,17-21(3,4)24-14-12-23-13-15-24)18-10-11-19(16-18)22(5,6)25(7,8)26-9/h18-19,23H,10-17H2,1-9H3/q+1. The second-order valence-electron chi connectivity index (χ2n) is 11.1. The molecule has 0 aromatic carbocycles. The van der Waals surface area contributed by atoms with Gasteiger partial charge >= 0.3 is 0 Å². The van der Waals surface area contributed by atoms with Crippen molar-refractivity contribution in [2.24, 2.45) is 17.3 Å². The van der Waals surface area contributed by atoms with E-state index in [0.29, 0.717) is 10.1 Å². The normalized spacial score (nSPS) is 27.1. The molecule has 1 aliphatic heterocycles. The van der Waals surface area contributed by atoms with Crippen LogP contribution in [0.3, 0.4) is 0 Å². The minimum Gasteiger partial charge on any atom is -0.314 e. The van der Waals surface area contributed by atoms with Crippen molar-refractivity contribution in [1.82, 2.24) is 10.2 Å². The lowest BCUT2D eigenvalue weighted by Crippen LogP contribution is -2.58. The second kappa shape index (κ2) is 7.69. The third-order valence-corrected chi connectivity index (χ3v) is 8.24. The van der Waals surface area contributed by atoms with Crippen molar-refractivity contribution < 1.29 is 9.48 Å². The van der Waals surface area contributed by atoms with Crippen molar-refractivity contribution in [3.8, 4) is 0 Å². The molecule has 2 aliphatic rings. The molecule has 0 aromatic rings. The van der Waals surface area contributed by atoms with Gasteiger partial charge in [-0.25, -0.2) is 4.84 Å². The first kappa shape index (κ1) is 22.1. The Labute approximate surface area is 163 Å².